The van der Waals surface area contributed by atoms with Crippen LogP contribution in [0.2, 0.25) is 0 Å². The monoisotopic (exact) mass is 355 g/mol. The van der Waals surface area contributed by atoms with Gasteiger partial charge in [-0.15, -0.1) is 12.4 Å². The average molecular weight is 356 g/mol. The molecule has 0 aromatic heterocycles. The Balaban J connectivity index is 0.00000144. The lowest BCUT2D eigenvalue weighted by Crippen LogP contribution is -2.28. The molecule has 0 spiro atoms. The first-order chi connectivity index (χ1) is 10.7. The normalized spacial score (nSPS) is 14.8. The van der Waals surface area contributed by atoms with E-state index in [1.54, 1.807) is 0 Å². The zero-order valence-electron chi connectivity index (χ0n) is 13.5. The summed E-state index contributed by atoms with van der Waals surface area (Å²) in [6.45, 7) is 2.12. The number of halogens is 3. The van der Waals surface area contributed by atoms with E-state index in [0.29, 0.717) is 5.92 Å². The molecule has 2 nitrogen and oxygen atoms in total. The Hall–Kier alpha value is -1.49. The molecule has 0 amide bonds. The third kappa shape index (κ3) is 5.26. The largest absolute Gasteiger partial charge is 0.412 e. The van der Waals surface area contributed by atoms with Gasteiger partial charge in [0.2, 0.25) is 0 Å². The molecule has 1 saturated heterocycles. The second kappa shape index (κ2) is 9.72. The van der Waals surface area contributed by atoms with Crippen LogP contribution in [0.25, 0.3) is 0 Å². The highest BCUT2D eigenvalue weighted by molar-refractivity contribution is 5.85. The highest BCUT2D eigenvalue weighted by Gasteiger charge is 2.21. The summed E-state index contributed by atoms with van der Waals surface area (Å²) < 4.78 is 26.4. The molecule has 3 rings (SSSR count). The van der Waals surface area contributed by atoms with Gasteiger partial charge in [0, 0.05) is 5.92 Å². The smallest absolute Gasteiger partial charge is 0.123 e. The Morgan fingerprint density at radius 1 is 0.833 bits per heavy atom. The molecule has 24 heavy (non-hydrogen) atoms. The summed E-state index contributed by atoms with van der Waals surface area (Å²) in [6.07, 6.45) is 3.36. The van der Waals surface area contributed by atoms with Crippen LogP contribution >= 0.6 is 12.4 Å². The first-order valence-corrected chi connectivity index (χ1v) is 7.94. The van der Waals surface area contributed by atoms with E-state index in [2.05, 4.69) is 5.32 Å². The number of nitrogens with one attached hydrogen (secondary N) is 1. The SMILES string of the molecule is Cl.Fc1ccc(C(CC2CCNCC2)c2ccc(F)cc2)cc1.O. The van der Waals surface area contributed by atoms with E-state index < -0.39 is 0 Å². The quantitative estimate of drug-likeness (QED) is 0.882. The van der Waals surface area contributed by atoms with Crippen LogP contribution in [0, 0.1) is 17.6 Å². The van der Waals surface area contributed by atoms with Crippen LogP contribution in [0.15, 0.2) is 48.5 Å². The van der Waals surface area contributed by atoms with Gasteiger partial charge in [0.25, 0.3) is 0 Å². The molecule has 0 atom stereocenters. The fourth-order valence-electron chi connectivity index (χ4n) is 3.31. The summed E-state index contributed by atoms with van der Waals surface area (Å²) in [4.78, 5) is 0. The van der Waals surface area contributed by atoms with Crippen LogP contribution in [0.1, 0.15) is 36.3 Å². The van der Waals surface area contributed by atoms with E-state index in [0.717, 1.165) is 30.6 Å². The maximum absolute atomic E-state index is 13.2. The highest BCUT2D eigenvalue weighted by Crippen LogP contribution is 2.34. The topological polar surface area (TPSA) is 43.5 Å². The molecule has 1 aliphatic heterocycles. The van der Waals surface area contributed by atoms with Crippen LogP contribution in [-0.2, 0) is 0 Å². The first kappa shape index (κ1) is 20.6. The van der Waals surface area contributed by atoms with E-state index >= 15 is 0 Å². The van der Waals surface area contributed by atoms with Gasteiger partial charge in [0.05, 0.1) is 0 Å². The molecule has 1 aliphatic rings. The van der Waals surface area contributed by atoms with E-state index in [4.69, 9.17) is 0 Å². The van der Waals surface area contributed by atoms with Crippen molar-refractivity contribution in [2.24, 2.45) is 5.92 Å². The van der Waals surface area contributed by atoms with E-state index in [1.807, 2.05) is 24.3 Å². The predicted molar refractivity (Wildman–Crippen MR) is 95.7 cm³/mol. The Labute approximate surface area is 148 Å². The molecule has 0 aliphatic carbocycles. The second-order valence-electron chi connectivity index (χ2n) is 6.08. The van der Waals surface area contributed by atoms with Gasteiger partial charge in [-0.1, -0.05) is 24.3 Å². The molecule has 1 heterocycles. The van der Waals surface area contributed by atoms with Crippen LogP contribution in [0.3, 0.4) is 0 Å². The molecule has 3 N–H and O–H groups in total. The maximum Gasteiger partial charge on any atom is 0.123 e. The lowest BCUT2D eigenvalue weighted by molar-refractivity contribution is 0.342. The van der Waals surface area contributed by atoms with Crippen LogP contribution < -0.4 is 5.32 Å². The summed E-state index contributed by atoms with van der Waals surface area (Å²) in [5.74, 6) is 0.414. The summed E-state index contributed by atoms with van der Waals surface area (Å²) in [7, 11) is 0. The Bertz CT molecular complexity index is 552. The van der Waals surface area contributed by atoms with Gasteiger partial charge in [0.1, 0.15) is 11.6 Å². The maximum atomic E-state index is 13.2. The molecule has 0 radical (unpaired) electrons. The van der Waals surface area contributed by atoms with Gasteiger partial charge in [-0.2, -0.15) is 0 Å². The summed E-state index contributed by atoms with van der Waals surface area (Å²) in [6, 6.07) is 13.4. The summed E-state index contributed by atoms with van der Waals surface area (Å²) in [5, 5.41) is 3.38. The minimum atomic E-state index is -0.219. The molecular weight excluding hydrogens is 332 g/mol. The molecule has 5 heteroatoms. The van der Waals surface area contributed by atoms with Gasteiger partial charge in [-0.05, 0) is 73.7 Å². The van der Waals surface area contributed by atoms with Gasteiger partial charge in [0.15, 0.2) is 0 Å². The first-order valence-electron chi connectivity index (χ1n) is 7.94. The lowest BCUT2D eigenvalue weighted by Gasteiger charge is -2.27. The van der Waals surface area contributed by atoms with E-state index in [1.165, 1.54) is 37.1 Å². The third-order valence-electron chi connectivity index (χ3n) is 4.57. The number of piperidine rings is 1. The lowest BCUT2D eigenvalue weighted by atomic mass is 9.80. The highest BCUT2D eigenvalue weighted by atomic mass is 35.5. The average Bonchev–Trinajstić information content (AvgIpc) is 2.56. The number of hydrogen-bond donors (Lipinski definition) is 1. The molecule has 132 valence electrons. The molecule has 2 aromatic carbocycles. The van der Waals surface area contributed by atoms with E-state index in [9.17, 15) is 8.78 Å². The van der Waals surface area contributed by atoms with Crippen molar-refractivity contribution in [3.8, 4) is 0 Å². The van der Waals surface area contributed by atoms with Crippen LogP contribution in [-0.4, -0.2) is 18.6 Å². The molecule has 0 unspecified atom stereocenters. The zero-order chi connectivity index (χ0) is 15.4. The van der Waals surface area contributed by atoms with Crippen molar-refractivity contribution < 1.29 is 14.3 Å². The van der Waals surface area contributed by atoms with Crippen molar-refractivity contribution in [1.29, 1.82) is 0 Å². The fourth-order valence-corrected chi connectivity index (χ4v) is 3.31. The minimum absolute atomic E-state index is 0. The van der Waals surface area contributed by atoms with Gasteiger partial charge < -0.3 is 10.8 Å². The zero-order valence-corrected chi connectivity index (χ0v) is 14.3. The summed E-state index contributed by atoms with van der Waals surface area (Å²) in [5.41, 5.74) is 2.21. The minimum Gasteiger partial charge on any atom is -0.412 e. The molecule has 2 aromatic rings. The number of rotatable bonds is 4. The predicted octanol–water partition coefficient (Wildman–Crippen LogP) is 4.08. The van der Waals surface area contributed by atoms with Crippen molar-refractivity contribution in [1.82, 2.24) is 5.32 Å². The molecule has 1 fully saturated rings. The second-order valence-corrected chi connectivity index (χ2v) is 6.08. The van der Waals surface area contributed by atoms with Gasteiger partial charge >= 0.3 is 0 Å². The third-order valence-corrected chi connectivity index (χ3v) is 4.57. The van der Waals surface area contributed by atoms with Crippen LogP contribution in [0.4, 0.5) is 8.78 Å². The number of benzene rings is 2. The fraction of sp³-hybridized carbons (Fsp3) is 0.368. The molecule has 0 saturated carbocycles. The number of hydrogen-bond acceptors (Lipinski definition) is 1. The Kier molecular flexibility index (Phi) is 8.32. The van der Waals surface area contributed by atoms with Gasteiger partial charge in [-0.25, -0.2) is 8.78 Å². The van der Waals surface area contributed by atoms with Gasteiger partial charge in [-0.3, -0.25) is 0 Å². The summed E-state index contributed by atoms with van der Waals surface area (Å²) >= 11 is 0. The van der Waals surface area contributed by atoms with Crippen molar-refractivity contribution in [2.45, 2.75) is 25.2 Å². The van der Waals surface area contributed by atoms with Crippen molar-refractivity contribution in [3.05, 3.63) is 71.3 Å². The van der Waals surface area contributed by atoms with Crippen LogP contribution in [0.5, 0.6) is 0 Å². The molecule has 0 bridgehead atoms. The Morgan fingerprint density at radius 3 is 1.67 bits per heavy atom. The van der Waals surface area contributed by atoms with Crippen molar-refractivity contribution in [3.63, 3.8) is 0 Å². The van der Waals surface area contributed by atoms with E-state index in [-0.39, 0.29) is 35.4 Å². The van der Waals surface area contributed by atoms with Crippen molar-refractivity contribution >= 4 is 12.4 Å². The Morgan fingerprint density at radius 2 is 1.25 bits per heavy atom. The van der Waals surface area contributed by atoms with Crippen molar-refractivity contribution in [2.75, 3.05) is 13.1 Å². The molecular formula is C19H24ClF2NO. The standard InChI is InChI=1S/C19H21F2N.ClH.H2O/c20-17-5-1-15(2-6-17)19(13-14-9-11-22-12-10-14)16-3-7-18(21)8-4-16;;/h1-8,14,19,22H,9-13H2;1H;1H2.